The summed E-state index contributed by atoms with van der Waals surface area (Å²) < 4.78 is 2.01. The summed E-state index contributed by atoms with van der Waals surface area (Å²) >= 11 is 0. The molecule has 33 heavy (non-hydrogen) atoms. The molecule has 1 amide bonds. The summed E-state index contributed by atoms with van der Waals surface area (Å²) in [7, 11) is 0. The normalized spacial score (nSPS) is 22.4. The van der Waals surface area contributed by atoms with Crippen LogP contribution in [0.15, 0.2) is 67.3 Å². The highest BCUT2D eigenvalue weighted by Gasteiger charge is 2.31. The van der Waals surface area contributed by atoms with Crippen LogP contribution in [0.25, 0.3) is 0 Å². The topological polar surface area (TPSA) is 71.2 Å². The minimum Gasteiger partial charge on any atom is -0.388 e. The lowest BCUT2D eigenvalue weighted by Gasteiger charge is -2.32. The average molecular weight is 445 g/mol. The van der Waals surface area contributed by atoms with Gasteiger partial charge in [-0.25, -0.2) is 0 Å². The van der Waals surface area contributed by atoms with E-state index in [2.05, 4.69) is 22.2 Å². The SMILES string of the molecule is O=C(c1ccc(C[C@@H]2CC[C@H]([C@H](O)c3cccnc3)C2)cc1)N1CCC(n2cccn2)CC1. The Morgan fingerprint density at radius 3 is 2.55 bits per heavy atom. The maximum absolute atomic E-state index is 13.0. The molecule has 1 aliphatic carbocycles. The van der Waals surface area contributed by atoms with Crippen LogP contribution in [-0.2, 0) is 6.42 Å². The molecule has 6 heteroatoms. The van der Waals surface area contributed by atoms with Gasteiger partial charge in [0.15, 0.2) is 0 Å². The highest BCUT2D eigenvalue weighted by atomic mass is 16.3. The maximum Gasteiger partial charge on any atom is 0.253 e. The molecular weight excluding hydrogens is 412 g/mol. The zero-order valence-corrected chi connectivity index (χ0v) is 19.0. The third kappa shape index (κ3) is 5.01. The van der Waals surface area contributed by atoms with E-state index in [0.717, 1.165) is 62.7 Å². The number of benzene rings is 1. The summed E-state index contributed by atoms with van der Waals surface area (Å²) in [5.41, 5.74) is 2.96. The molecule has 172 valence electrons. The minimum absolute atomic E-state index is 0.126. The largest absolute Gasteiger partial charge is 0.388 e. The monoisotopic (exact) mass is 444 g/mol. The standard InChI is InChI=1S/C27H32N4O2/c32-26(24-3-1-12-28-19-24)23-9-6-21(18-23)17-20-4-7-22(8-5-20)27(33)30-15-10-25(11-16-30)31-14-2-13-29-31/h1-5,7-8,12-14,19,21,23,25-26,32H,6,9-11,15-18H2/t21-,23-,26-/m0/s1. The van der Waals surface area contributed by atoms with E-state index in [9.17, 15) is 9.90 Å². The minimum atomic E-state index is -0.430. The number of hydrogen-bond acceptors (Lipinski definition) is 4. The Morgan fingerprint density at radius 2 is 1.85 bits per heavy atom. The number of carbonyl (C=O) groups is 1. The second-order valence-electron chi connectivity index (χ2n) is 9.58. The Bertz CT molecular complexity index is 1030. The number of piperidine rings is 1. The number of pyridine rings is 1. The van der Waals surface area contributed by atoms with Gasteiger partial charge in [0.05, 0.1) is 12.1 Å². The molecule has 2 aromatic heterocycles. The van der Waals surface area contributed by atoms with Crippen LogP contribution in [-0.4, -0.2) is 43.8 Å². The fraction of sp³-hybridized carbons (Fsp3) is 0.444. The van der Waals surface area contributed by atoms with E-state index in [1.807, 2.05) is 52.3 Å². The molecule has 1 aliphatic heterocycles. The van der Waals surface area contributed by atoms with E-state index >= 15 is 0 Å². The summed E-state index contributed by atoms with van der Waals surface area (Å²) in [6.45, 7) is 1.54. The van der Waals surface area contributed by atoms with Gasteiger partial charge in [-0.3, -0.25) is 14.5 Å². The first-order valence-corrected chi connectivity index (χ1v) is 12.1. The molecule has 5 rings (SSSR count). The van der Waals surface area contributed by atoms with Crippen molar-refractivity contribution in [2.24, 2.45) is 11.8 Å². The lowest BCUT2D eigenvalue weighted by atomic mass is 9.92. The van der Waals surface area contributed by atoms with E-state index in [-0.39, 0.29) is 5.91 Å². The fourth-order valence-corrected chi connectivity index (χ4v) is 5.54. The van der Waals surface area contributed by atoms with Crippen molar-refractivity contribution < 1.29 is 9.90 Å². The van der Waals surface area contributed by atoms with Gasteiger partial charge >= 0.3 is 0 Å². The van der Waals surface area contributed by atoms with Crippen LogP contribution >= 0.6 is 0 Å². The first-order chi connectivity index (χ1) is 16.2. The number of aliphatic hydroxyl groups is 1. The Labute approximate surface area is 195 Å². The fourth-order valence-electron chi connectivity index (χ4n) is 5.54. The third-order valence-electron chi connectivity index (χ3n) is 7.43. The van der Waals surface area contributed by atoms with Gasteiger partial charge in [-0.05, 0) is 85.8 Å². The van der Waals surface area contributed by atoms with Gasteiger partial charge < -0.3 is 10.0 Å². The number of nitrogens with zero attached hydrogens (tertiary/aromatic N) is 4. The Hall–Kier alpha value is -2.99. The van der Waals surface area contributed by atoms with E-state index in [1.54, 1.807) is 12.4 Å². The van der Waals surface area contributed by atoms with Crippen molar-refractivity contribution in [2.45, 2.75) is 50.7 Å². The number of likely N-dealkylation sites (tertiary alicyclic amines) is 1. The van der Waals surface area contributed by atoms with Gasteiger partial charge in [0.25, 0.3) is 5.91 Å². The Kier molecular flexibility index (Phi) is 6.53. The molecule has 6 nitrogen and oxygen atoms in total. The number of hydrogen-bond donors (Lipinski definition) is 1. The van der Waals surface area contributed by atoms with Crippen LogP contribution in [0.5, 0.6) is 0 Å². The molecule has 1 saturated heterocycles. The summed E-state index contributed by atoms with van der Waals surface area (Å²) in [6.07, 6.45) is 13.0. The summed E-state index contributed by atoms with van der Waals surface area (Å²) in [4.78, 5) is 19.1. The molecule has 1 aromatic carbocycles. The van der Waals surface area contributed by atoms with E-state index in [0.29, 0.717) is 17.9 Å². The number of rotatable bonds is 6. The number of aliphatic hydroxyl groups excluding tert-OH is 1. The lowest BCUT2D eigenvalue weighted by molar-refractivity contribution is 0.0690. The van der Waals surface area contributed by atoms with Crippen LogP contribution in [0.3, 0.4) is 0 Å². The van der Waals surface area contributed by atoms with E-state index < -0.39 is 6.10 Å². The number of aromatic nitrogens is 3. The van der Waals surface area contributed by atoms with Crippen molar-refractivity contribution in [3.63, 3.8) is 0 Å². The second-order valence-corrected chi connectivity index (χ2v) is 9.58. The second kappa shape index (κ2) is 9.87. The van der Waals surface area contributed by atoms with Crippen LogP contribution in [0.2, 0.25) is 0 Å². The predicted molar refractivity (Wildman–Crippen MR) is 127 cm³/mol. The van der Waals surface area contributed by atoms with Gasteiger partial charge in [0, 0.05) is 43.4 Å². The number of carbonyl (C=O) groups excluding carboxylic acids is 1. The summed E-state index contributed by atoms with van der Waals surface area (Å²) in [5.74, 6) is 0.995. The highest BCUT2D eigenvalue weighted by Crippen LogP contribution is 2.40. The highest BCUT2D eigenvalue weighted by molar-refractivity contribution is 5.94. The van der Waals surface area contributed by atoms with Gasteiger partial charge in [-0.1, -0.05) is 18.2 Å². The Balaban J connectivity index is 1.12. The maximum atomic E-state index is 13.0. The van der Waals surface area contributed by atoms with Gasteiger partial charge in [0.1, 0.15) is 0 Å². The summed E-state index contributed by atoms with van der Waals surface area (Å²) in [5, 5.41) is 15.1. The van der Waals surface area contributed by atoms with Crippen molar-refractivity contribution in [2.75, 3.05) is 13.1 Å². The molecule has 0 radical (unpaired) electrons. The molecular formula is C27H32N4O2. The third-order valence-corrected chi connectivity index (χ3v) is 7.43. The van der Waals surface area contributed by atoms with E-state index in [4.69, 9.17) is 0 Å². The molecule has 0 spiro atoms. The first kappa shape index (κ1) is 21.8. The molecule has 2 fully saturated rings. The molecule has 3 atom stereocenters. The number of amides is 1. The van der Waals surface area contributed by atoms with Crippen LogP contribution in [0.4, 0.5) is 0 Å². The van der Waals surface area contributed by atoms with Crippen LogP contribution in [0, 0.1) is 11.8 Å². The quantitative estimate of drug-likeness (QED) is 0.610. The average Bonchev–Trinajstić information content (AvgIpc) is 3.57. The van der Waals surface area contributed by atoms with Crippen LogP contribution < -0.4 is 0 Å². The molecule has 1 N–H and O–H groups in total. The smallest absolute Gasteiger partial charge is 0.253 e. The van der Waals surface area contributed by atoms with Crippen molar-refractivity contribution in [3.8, 4) is 0 Å². The van der Waals surface area contributed by atoms with Crippen molar-refractivity contribution in [3.05, 3.63) is 83.9 Å². The van der Waals surface area contributed by atoms with Gasteiger partial charge in [-0.2, -0.15) is 5.10 Å². The molecule has 0 unspecified atom stereocenters. The van der Waals surface area contributed by atoms with Gasteiger partial charge in [-0.15, -0.1) is 0 Å². The van der Waals surface area contributed by atoms with Crippen molar-refractivity contribution >= 4 is 5.91 Å². The zero-order valence-electron chi connectivity index (χ0n) is 19.0. The molecule has 2 aliphatic rings. The van der Waals surface area contributed by atoms with E-state index in [1.165, 1.54) is 5.56 Å². The van der Waals surface area contributed by atoms with Crippen molar-refractivity contribution in [1.29, 1.82) is 0 Å². The van der Waals surface area contributed by atoms with Crippen molar-refractivity contribution in [1.82, 2.24) is 19.7 Å². The molecule has 3 heterocycles. The predicted octanol–water partition coefficient (Wildman–Crippen LogP) is 4.45. The molecule has 1 saturated carbocycles. The zero-order chi connectivity index (χ0) is 22.6. The lowest BCUT2D eigenvalue weighted by Crippen LogP contribution is -2.39. The van der Waals surface area contributed by atoms with Gasteiger partial charge in [0.2, 0.25) is 0 Å². The molecule has 3 aromatic rings. The first-order valence-electron chi connectivity index (χ1n) is 12.1. The van der Waals surface area contributed by atoms with Crippen LogP contribution in [0.1, 0.15) is 65.7 Å². The summed E-state index contributed by atoms with van der Waals surface area (Å²) in [6, 6.07) is 14.4. The molecule has 0 bridgehead atoms. The Morgan fingerprint density at radius 1 is 1.03 bits per heavy atom.